The number of halogens is 3. The monoisotopic (exact) mass is 332 g/mol. The van der Waals surface area contributed by atoms with Crippen LogP contribution >= 0.6 is 0 Å². The molecule has 0 amide bonds. The molecule has 0 radical (unpaired) electrons. The standard InChI is InChI=1S/C17H15F3N4/c1-9-7-12(8-11-5-6-21-15(9)11)24-10(2)22-13-3-4-14(17(18,19)20)23-16(13)24/h3-4,7-8,21H,5-6H2,1-2H3. The molecule has 0 unspecified atom stereocenters. The second kappa shape index (κ2) is 4.96. The SMILES string of the molecule is Cc1cc(-n2c(C)nc3ccc(C(F)(F)F)nc32)cc2c1NCC2. The molecular formula is C17H15F3N4. The number of hydrogen-bond donors (Lipinski definition) is 1. The molecule has 0 fully saturated rings. The minimum Gasteiger partial charge on any atom is -0.384 e. The molecule has 1 aliphatic rings. The molecule has 2 aromatic heterocycles. The molecule has 24 heavy (non-hydrogen) atoms. The topological polar surface area (TPSA) is 42.7 Å². The summed E-state index contributed by atoms with van der Waals surface area (Å²) in [6, 6.07) is 6.29. The third-order valence-corrected chi connectivity index (χ3v) is 4.32. The summed E-state index contributed by atoms with van der Waals surface area (Å²) in [5, 5.41) is 3.33. The van der Waals surface area contributed by atoms with Crippen LogP contribution in [0.5, 0.6) is 0 Å². The number of aromatic nitrogens is 3. The van der Waals surface area contributed by atoms with Crippen molar-refractivity contribution >= 4 is 16.9 Å². The van der Waals surface area contributed by atoms with E-state index in [9.17, 15) is 13.2 Å². The average molecular weight is 332 g/mol. The Bertz CT molecular complexity index is 957. The highest BCUT2D eigenvalue weighted by molar-refractivity contribution is 5.75. The fourth-order valence-corrected chi connectivity index (χ4v) is 3.28. The third-order valence-electron chi connectivity index (χ3n) is 4.32. The summed E-state index contributed by atoms with van der Waals surface area (Å²) in [6.45, 7) is 4.64. The van der Waals surface area contributed by atoms with E-state index in [1.54, 1.807) is 11.5 Å². The zero-order chi connectivity index (χ0) is 17.1. The molecule has 0 atom stereocenters. The van der Waals surface area contributed by atoms with E-state index in [1.807, 2.05) is 19.1 Å². The number of imidazole rings is 1. The quantitative estimate of drug-likeness (QED) is 0.732. The minimum absolute atomic E-state index is 0.229. The summed E-state index contributed by atoms with van der Waals surface area (Å²) in [6.07, 6.45) is -3.58. The molecule has 0 bridgehead atoms. The number of rotatable bonds is 1. The van der Waals surface area contributed by atoms with Crippen LogP contribution < -0.4 is 5.32 Å². The first-order valence-corrected chi connectivity index (χ1v) is 7.65. The van der Waals surface area contributed by atoms with Gasteiger partial charge in [0.25, 0.3) is 0 Å². The average Bonchev–Trinajstić information content (AvgIpc) is 3.08. The Kier molecular flexibility index (Phi) is 3.10. The Labute approximate surface area is 136 Å². The van der Waals surface area contributed by atoms with Gasteiger partial charge in [0.05, 0.1) is 0 Å². The van der Waals surface area contributed by atoms with E-state index in [1.165, 1.54) is 11.6 Å². The lowest BCUT2D eigenvalue weighted by Gasteiger charge is -2.12. The van der Waals surface area contributed by atoms with Crippen LogP contribution in [0, 0.1) is 13.8 Å². The maximum Gasteiger partial charge on any atom is 0.433 e. The largest absolute Gasteiger partial charge is 0.433 e. The Balaban J connectivity index is 1.96. The van der Waals surface area contributed by atoms with Gasteiger partial charge in [0.15, 0.2) is 5.65 Å². The van der Waals surface area contributed by atoms with Gasteiger partial charge >= 0.3 is 6.18 Å². The van der Waals surface area contributed by atoms with E-state index in [-0.39, 0.29) is 5.65 Å². The summed E-state index contributed by atoms with van der Waals surface area (Å²) < 4.78 is 40.7. The second-order valence-electron chi connectivity index (χ2n) is 6.00. The van der Waals surface area contributed by atoms with Gasteiger partial charge in [-0.15, -0.1) is 0 Å². The fraction of sp³-hybridized carbons (Fsp3) is 0.294. The number of benzene rings is 1. The molecule has 0 spiro atoms. The first-order valence-electron chi connectivity index (χ1n) is 7.65. The van der Waals surface area contributed by atoms with Crippen molar-refractivity contribution in [1.29, 1.82) is 0 Å². The highest BCUT2D eigenvalue weighted by Gasteiger charge is 2.33. The molecule has 3 heterocycles. The van der Waals surface area contributed by atoms with E-state index in [2.05, 4.69) is 15.3 Å². The molecule has 0 aliphatic carbocycles. The predicted molar refractivity (Wildman–Crippen MR) is 85.5 cm³/mol. The minimum atomic E-state index is -4.48. The number of nitrogens with zero attached hydrogens (tertiary/aromatic N) is 3. The van der Waals surface area contributed by atoms with Crippen molar-refractivity contribution in [3.8, 4) is 5.69 Å². The summed E-state index contributed by atoms with van der Waals surface area (Å²) >= 11 is 0. The Hall–Kier alpha value is -2.57. The van der Waals surface area contributed by atoms with Gasteiger partial charge in [0, 0.05) is 17.9 Å². The summed E-state index contributed by atoms with van der Waals surface area (Å²) in [4.78, 5) is 8.18. The van der Waals surface area contributed by atoms with Crippen LogP contribution in [-0.4, -0.2) is 21.1 Å². The highest BCUT2D eigenvalue weighted by atomic mass is 19.4. The molecule has 4 rings (SSSR count). The van der Waals surface area contributed by atoms with E-state index >= 15 is 0 Å². The van der Waals surface area contributed by atoms with Crippen molar-refractivity contribution in [1.82, 2.24) is 14.5 Å². The van der Waals surface area contributed by atoms with Crippen LogP contribution in [0.3, 0.4) is 0 Å². The van der Waals surface area contributed by atoms with Gasteiger partial charge in [-0.2, -0.15) is 13.2 Å². The van der Waals surface area contributed by atoms with Gasteiger partial charge in [0.1, 0.15) is 17.0 Å². The zero-order valence-electron chi connectivity index (χ0n) is 13.2. The number of pyridine rings is 1. The van der Waals surface area contributed by atoms with Gasteiger partial charge in [0.2, 0.25) is 0 Å². The molecule has 3 aromatic rings. The lowest BCUT2D eigenvalue weighted by molar-refractivity contribution is -0.141. The van der Waals surface area contributed by atoms with Crippen molar-refractivity contribution in [3.63, 3.8) is 0 Å². The maximum atomic E-state index is 13.0. The second-order valence-corrected chi connectivity index (χ2v) is 6.00. The highest BCUT2D eigenvalue weighted by Crippen LogP contribution is 2.32. The lowest BCUT2D eigenvalue weighted by atomic mass is 10.1. The first kappa shape index (κ1) is 15.0. The van der Waals surface area contributed by atoms with Crippen molar-refractivity contribution in [3.05, 3.63) is 46.9 Å². The van der Waals surface area contributed by atoms with Gasteiger partial charge in [-0.25, -0.2) is 9.97 Å². The summed E-state index contributed by atoms with van der Waals surface area (Å²) in [5.41, 5.74) is 3.91. The molecule has 1 aliphatic heterocycles. The molecule has 0 saturated heterocycles. The van der Waals surface area contributed by atoms with Crippen LogP contribution in [0.2, 0.25) is 0 Å². The maximum absolute atomic E-state index is 13.0. The summed E-state index contributed by atoms with van der Waals surface area (Å²) in [5.74, 6) is 0.613. The van der Waals surface area contributed by atoms with E-state index in [0.717, 1.165) is 36.0 Å². The number of hydrogen-bond acceptors (Lipinski definition) is 3. The Morgan fingerprint density at radius 2 is 1.92 bits per heavy atom. The van der Waals surface area contributed by atoms with Gasteiger partial charge < -0.3 is 5.32 Å². The van der Waals surface area contributed by atoms with Crippen molar-refractivity contribution in [2.45, 2.75) is 26.4 Å². The normalized spacial score (nSPS) is 14.0. The van der Waals surface area contributed by atoms with Crippen LogP contribution in [0.25, 0.3) is 16.9 Å². The number of nitrogens with one attached hydrogen (secondary N) is 1. The predicted octanol–water partition coefficient (Wildman–Crippen LogP) is 4.02. The molecule has 0 saturated carbocycles. The third kappa shape index (κ3) is 2.23. The smallest absolute Gasteiger partial charge is 0.384 e. The molecule has 7 heteroatoms. The van der Waals surface area contributed by atoms with Crippen LogP contribution in [0.1, 0.15) is 22.6 Å². The molecule has 1 aromatic carbocycles. The zero-order valence-corrected chi connectivity index (χ0v) is 13.2. The number of aryl methyl sites for hydroxylation is 2. The molecule has 1 N–H and O–H groups in total. The fourth-order valence-electron chi connectivity index (χ4n) is 3.28. The summed E-state index contributed by atoms with van der Waals surface area (Å²) in [7, 11) is 0. The van der Waals surface area contributed by atoms with Gasteiger partial charge in [-0.1, -0.05) is 0 Å². The van der Waals surface area contributed by atoms with Crippen molar-refractivity contribution in [2.75, 3.05) is 11.9 Å². The van der Waals surface area contributed by atoms with Gasteiger partial charge in [-0.05, 0) is 55.7 Å². The van der Waals surface area contributed by atoms with E-state index in [4.69, 9.17) is 0 Å². The molecule has 4 nitrogen and oxygen atoms in total. The van der Waals surface area contributed by atoms with Crippen molar-refractivity contribution < 1.29 is 13.2 Å². The molecule has 124 valence electrons. The Morgan fingerprint density at radius 3 is 2.67 bits per heavy atom. The molecular weight excluding hydrogens is 317 g/mol. The number of fused-ring (bicyclic) bond motifs is 2. The van der Waals surface area contributed by atoms with Crippen LogP contribution in [-0.2, 0) is 12.6 Å². The number of anilines is 1. The van der Waals surface area contributed by atoms with Gasteiger partial charge in [-0.3, -0.25) is 4.57 Å². The lowest BCUT2D eigenvalue weighted by Crippen LogP contribution is -2.09. The van der Waals surface area contributed by atoms with Crippen LogP contribution in [0.4, 0.5) is 18.9 Å². The van der Waals surface area contributed by atoms with E-state index < -0.39 is 11.9 Å². The Morgan fingerprint density at radius 1 is 1.12 bits per heavy atom. The van der Waals surface area contributed by atoms with Crippen molar-refractivity contribution in [2.24, 2.45) is 0 Å². The van der Waals surface area contributed by atoms with Crippen LogP contribution in [0.15, 0.2) is 24.3 Å². The first-order chi connectivity index (χ1) is 11.3. The van der Waals surface area contributed by atoms with E-state index in [0.29, 0.717) is 11.3 Å². The number of alkyl halides is 3.